The van der Waals surface area contributed by atoms with Crippen LogP contribution in [0, 0.1) is 16.7 Å². The monoisotopic (exact) mass is 255 g/mol. The lowest BCUT2D eigenvalue weighted by Gasteiger charge is -2.30. The molecule has 0 aromatic rings. The number of nitrogens with zero attached hydrogens (tertiary/aromatic N) is 1. The number of carbonyl (C=O) groups excluding carboxylic acids is 1. The Labute approximate surface area is 93.2 Å². The first-order chi connectivity index (χ1) is 6.83. The molecule has 1 aliphatic carbocycles. The van der Waals surface area contributed by atoms with Crippen LogP contribution < -0.4 is 0 Å². The molecular formula is C11H14BrNO. The second-order valence-corrected chi connectivity index (χ2v) is 4.52. The average molecular weight is 256 g/mol. The van der Waals surface area contributed by atoms with Crippen molar-refractivity contribution in [2.75, 3.05) is 6.54 Å². The maximum Gasteiger partial charge on any atom is 0.299 e. The van der Waals surface area contributed by atoms with Crippen molar-refractivity contribution >= 4 is 21.8 Å². The molecule has 1 saturated heterocycles. The molecule has 0 aromatic carbocycles. The SMILES string of the molecule is O=C(C#CBr)N1CCC2CCCCC21. The maximum absolute atomic E-state index is 11.6. The van der Waals surface area contributed by atoms with Crippen molar-refractivity contribution in [1.82, 2.24) is 4.90 Å². The van der Waals surface area contributed by atoms with Gasteiger partial charge in [0.15, 0.2) is 0 Å². The molecule has 14 heavy (non-hydrogen) atoms. The molecule has 2 rings (SSSR count). The van der Waals surface area contributed by atoms with Gasteiger partial charge in [0.05, 0.1) is 0 Å². The van der Waals surface area contributed by atoms with Gasteiger partial charge in [0, 0.05) is 34.4 Å². The fourth-order valence-electron chi connectivity index (χ4n) is 2.77. The zero-order chi connectivity index (χ0) is 9.97. The van der Waals surface area contributed by atoms with E-state index in [9.17, 15) is 4.79 Å². The third-order valence-electron chi connectivity index (χ3n) is 3.43. The van der Waals surface area contributed by atoms with Crippen LogP contribution in [0.15, 0.2) is 0 Å². The Morgan fingerprint density at radius 2 is 2.07 bits per heavy atom. The Hall–Kier alpha value is -0.490. The van der Waals surface area contributed by atoms with E-state index in [-0.39, 0.29) is 5.91 Å². The highest BCUT2D eigenvalue weighted by Gasteiger charge is 2.37. The van der Waals surface area contributed by atoms with Crippen LogP contribution in [-0.2, 0) is 4.79 Å². The van der Waals surface area contributed by atoms with Crippen LogP contribution in [0.2, 0.25) is 0 Å². The Morgan fingerprint density at radius 3 is 2.86 bits per heavy atom. The zero-order valence-electron chi connectivity index (χ0n) is 8.13. The number of rotatable bonds is 0. The average Bonchev–Trinajstić information content (AvgIpc) is 2.61. The third-order valence-corrected chi connectivity index (χ3v) is 3.62. The summed E-state index contributed by atoms with van der Waals surface area (Å²) in [6, 6.07) is 0.490. The van der Waals surface area contributed by atoms with E-state index in [1.165, 1.54) is 32.1 Å². The molecule has 2 nitrogen and oxygen atoms in total. The van der Waals surface area contributed by atoms with Crippen LogP contribution in [0.3, 0.4) is 0 Å². The number of hydrogen-bond acceptors (Lipinski definition) is 1. The van der Waals surface area contributed by atoms with Gasteiger partial charge in [-0.15, -0.1) is 0 Å². The molecule has 0 N–H and O–H groups in total. The molecule has 0 radical (unpaired) electrons. The van der Waals surface area contributed by atoms with Crippen molar-refractivity contribution in [2.45, 2.75) is 38.1 Å². The summed E-state index contributed by atoms with van der Waals surface area (Å²) in [5, 5.41) is 0. The van der Waals surface area contributed by atoms with Gasteiger partial charge >= 0.3 is 0 Å². The molecular weight excluding hydrogens is 242 g/mol. The molecule has 3 heteroatoms. The van der Waals surface area contributed by atoms with Gasteiger partial charge in [-0.1, -0.05) is 12.8 Å². The smallest absolute Gasteiger partial charge is 0.299 e. The highest BCUT2D eigenvalue weighted by atomic mass is 79.9. The summed E-state index contributed by atoms with van der Waals surface area (Å²) >= 11 is 2.98. The molecule has 2 atom stereocenters. The Morgan fingerprint density at radius 1 is 1.29 bits per heavy atom. The van der Waals surface area contributed by atoms with Gasteiger partial charge in [-0.25, -0.2) is 0 Å². The highest BCUT2D eigenvalue weighted by Crippen LogP contribution is 2.35. The lowest BCUT2D eigenvalue weighted by Crippen LogP contribution is -2.38. The number of amides is 1. The Balaban J connectivity index is 2.06. The van der Waals surface area contributed by atoms with Crippen LogP contribution in [0.5, 0.6) is 0 Å². The third kappa shape index (κ3) is 1.81. The second-order valence-electron chi connectivity index (χ2n) is 4.12. The summed E-state index contributed by atoms with van der Waals surface area (Å²) in [7, 11) is 0. The predicted octanol–water partition coefficient (Wildman–Crippen LogP) is 2.13. The summed E-state index contributed by atoms with van der Waals surface area (Å²) in [5.41, 5.74) is 0. The van der Waals surface area contributed by atoms with Gasteiger partial charge in [0.25, 0.3) is 5.91 Å². The standard InChI is InChI=1S/C11H14BrNO/c12-7-5-11(14)13-8-6-9-3-1-2-4-10(9)13/h9-10H,1-4,6,8H2. The number of fused-ring (bicyclic) bond motifs is 1. The van der Waals surface area contributed by atoms with Crippen LogP contribution in [-0.4, -0.2) is 23.4 Å². The Bertz CT molecular complexity index is 291. The molecule has 1 saturated carbocycles. The van der Waals surface area contributed by atoms with Crippen molar-refractivity contribution < 1.29 is 4.79 Å². The molecule has 1 heterocycles. The van der Waals surface area contributed by atoms with Crippen molar-refractivity contribution in [1.29, 1.82) is 0 Å². The van der Waals surface area contributed by atoms with E-state index in [2.05, 4.69) is 26.7 Å². The molecule has 1 aliphatic heterocycles. The van der Waals surface area contributed by atoms with Crippen molar-refractivity contribution in [3.8, 4) is 10.8 Å². The molecule has 76 valence electrons. The largest absolute Gasteiger partial charge is 0.329 e. The van der Waals surface area contributed by atoms with E-state index in [1.807, 2.05) is 4.90 Å². The van der Waals surface area contributed by atoms with Crippen LogP contribution in [0.1, 0.15) is 32.1 Å². The van der Waals surface area contributed by atoms with Crippen LogP contribution >= 0.6 is 15.9 Å². The lowest BCUT2D eigenvalue weighted by molar-refractivity contribution is -0.126. The molecule has 1 amide bonds. The summed E-state index contributed by atoms with van der Waals surface area (Å²) in [4.78, 5) is 16.1. The van der Waals surface area contributed by atoms with E-state index in [0.29, 0.717) is 6.04 Å². The fourth-order valence-corrected chi connectivity index (χ4v) is 2.94. The van der Waals surface area contributed by atoms with Gasteiger partial charge in [0.2, 0.25) is 0 Å². The van der Waals surface area contributed by atoms with Gasteiger partial charge < -0.3 is 4.90 Å². The number of halogens is 1. The number of carbonyl (C=O) groups is 1. The predicted molar refractivity (Wildman–Crippen MR) is 58.8 cm³/mol. The summed E-state index contributed by atoms with van der Waals surface area (Å²) < 4.78 is 0. The number of likely N-dealkylation sites (tertiary alicyclic amines) is 1. The minimum atomic E-state index is -0.00345. The summed E-state index contributed by atoms with van der Waals surface area (Å²) in [5.74, 6) is 3.33. The van der Waals surface area contributed by atoms with E-state index < -0.39 is 0 Å². The quantitative estimate of drug-likeness (QED) is 0.608. The number of hydrogen-bond donors (Lipinski definition) is 0. The molecule has 2 unspecified atom stereocenters. The minimum absolute atomic E-state index is 0.00345. The minimum Gasteiger partial charge on any atom is -0.329 e. The molecule has 2 aliphatic rings. The van der Waals surface area contributed by atoms with Crippen molar-refractivity contribution in [3.05, 3.63) is 0 Å². The highest BCUT2D eigenvalue weighted by molar-refractivity contribution is 9.12. The van der Waals surface area contributed by atoms with Gasteiger partial charge in [-0.2, -0.15) is 0 Å². The van der Waals surface area contributed by atoms with E-state index in [4.69, 9.17) is 0 Å². The van der Waals surface area contributed by atoms with Crippen molar-refractivity contribution in [3.63, 3.8) is 0 Å². The van der Waals surface area contributed by atoms with Crippen molar-refractivity contribution in [2.24, 2.45) is 5.92 Å². The van der Waals surface area contributed by atoms with Gasteiger partial charge in [-0.05, 0) is 30.0 Å². The normalized spacial score (nSPS) is 30.5. The topological polar surface area (TPSA) is 20.3 Å². The summed E-state index contributed by atoms with van der Waals surface area (Å²) in [6.07, 6.45) is 6.27. The molecule has 0 bridgehead atoms. The van der Waals surface area contributed by atoms with E-state index in [1.54, 1.807) is 0 Å². The van der Waals surface area contributed by atoms with E-state index in [0.717, 1.165) is 12.5 Å². The first-order valence-electron chi connectivity index (χ1n) is 5.25. The maximum atomic E-state index is 11.6. The van der Waals surface area contributed by atoms with Crippen LogP contribution in [0.4, 0.5) is 0 Å². The Kier molecular flexibility index (Phi) is 3.12. The summed E-state index contributed by atoms with van der Waals surface area (Å²) in [6.45, 7) is 0.913. The van der Waals surface area contributed by atoms with E-state index >= 15 is 0 Å². The van der Waals surface area contributed by atoms with Gasteiger partial charge in [-0.3, -0.25) is 4.79 Å². The zero-order valence-corrected chi connectivity index (χ0v) is 9.72. The second kappa shape index (κ2) is 4.35. The fraction of sp³-hybridized carbons (Fsp3) is 0.727. The molecule has 2 fully saturated rings. The first-order valence-corrected chi connectivity index (χ1v) is 6.04. The lowest BCUT2D eigenvalue weighted by atomic mass is 9.85. The van der Waals surface area contributed by atoms with Crippen LogP contribution in [0.25, 0.3) is 0 Å². The molecule has 0 spiro atoms. The van der Waals surface area contributed by atoms with Gasteiger partial charge in [0.1, 0.15) is 0 Å². The first kappa shape index (κ1) is 10.0. The molecule has 0 aromatic heterocycles.